The Balaban J connectivity index is 4.01. The Bertz CT molecular complexity index is 86.6. The number of hydrogen-bond acceptors (Lipinski definition) is 2. The minimum absolute atomic E-state index is 1.64. The first-order chi connectivity index (χ1) is 3.89. The van der Waals surface area contributed by atoms with Crippen molar-refractivity contribution in [1.29, 1.82) is 0 Å². The summed E-state index contributed by atoms with van der Waals surface area (Å²) in [5.41, 5.74) is -1.64. The monoisotopic (exact) mass is 233 g/mol. The summed E-state index contributed by atoms with van der Waals surface area (Å²) < 4.78 is 3.96. The van der Waals surface area contributed by atoms with E-state index in [1.54, 1.807) is 0 Å². The standard InChI is InChI=1S/C4H12BrClN2P/c1-7(2)9(5,6)8(3)4/h1-4H3/q+1. The van der Waals surface area contributed by atoms with Crippen molar-refractivity contribution >= 4 is 32.3 Å². The lowest BCUT2D eigenvalue weighted by Crippen LogP contribution is -2.18. The van der Waals surface area contributed by atoms with Crippen molar-refractivity contribution in [3.05, 3.63) is 0 Å². The van der Waals surface area contributed by atoms with Crippen LogP contribution in [0.5, 0.6) is 0 Å². The maximum atomic E-state index is 6.09. The van der Waals surface area contributed by atoms with Gasteiger partial charge in [0.15, 0.2) is 0 Å². The minimum atomic E-state index is -1.64. The van der Waals surface area contributed by atoms with Crippen molar-refractivity contribution in [2.24, 2.45) is 0 Å². The molecule has 56 valence electrons. The van der Waals surface area contributed by atoms with E-state index in [0.29, 0.717) is 0 Å². The number of nitrogens with zero attached hydrogens (tertiary/aromatic N) is 2. The fourth-order valence-corrected chi connectivity index (χ4v) is 1.07. The highest BCUT2D eigenvalue weighted by molar-refractivity contribution is 9.44. The molecule has 0 aliphatic carbocycles. The van der Waals surface area contributed by atoms with Gasteiger partial charge in [0.25, 0.3) is 0 Å². The summed E-state index contributed by atoms with van der Waals surface area (Å²) in [6.45, 7) is 0. The van der Waals surface area contributed by atoms with Gasteiger partial charge in [0.2, 0.25) is 15.5 Å². The van der Waals surface area contributed by atoms with E-state index in [4.69, 9.17) is 11.2 Å². The molecule has 0 saturated heterocycles. The predicted molar refractivity (Wildman–Crippen MR) is 49.1 cm³/mol. The summed E-state index contributed by atoms with van der Waals surface area (Å²) in [6.07, 6.45) is 0. The second-order valence-corrected chi connectivity index (χ2v) is 10.3. The van der Waals surface area contributed by atoms with Crippen molar-refractivity contribution < 1.29 is 0 Å². The molecule has 0 rings (SSSR count). The summed E-state index contributed by atoms with van der Waals surface area (Å²) in [6, 6.07) is 0. The van der Waals surface area contributed by atoms with Crippen LogP contribution < -0.4 is 0 Å². The smallest absolute Gasteiger partial charge is 0.146 e. The van der Waals surface area contributed by atoms with Crippen LogP contribution >= 0.6 is 32.3 Å². The predicted octanol–water partition coefficient (Wildman–Crippen LogP) is 2.42. The largest absolute Gasteiger partial charge is 0.323 e. The van der Waals surface area contributed by atoms with Gasteiger partial charge in [0.05, 0.1) is 0 Å². The topological polar surface area (TPSA) is 6.48 Å². The van der Waals surface area contributed by atoms with Crippen molar-refractivity contribution in [3.63, 3.8) is 0 Å². The molecule has 0 aromatic rings. The molecule has 5 heteroatoms. The van der Waals surface area contributed by atoms with Crippen LogP contribution in [0.1, 0.15) is 0 Å². The third-order valence-electron chi connectivity index (χ3n) is 0.963. The van der Waals surface area contributed by atoms with Gasteiger partial charge in [-0.3, -0.25) is 0 Å². The Morgan fingerprint density at radius 1 is 1.11 bits per heavy atom. The van der Waals surface area contributed by atoms with Gasteiger partial charge in [-0.05, 0) is 0 Å². The molecule has 0 unspecified atom stereocenters. The summed E-state index contributed by atoms with van der Waals surface area (Å²) in [4.78, 5) is 0. The van der Waals surface area contributed by atoms with Crippen LogP contribution in [0, 0.1) is 0 Å². The maximum Gasteiger partial charge on any atom is 0.323 e. The normalized spacial score (nSPS) is 13.3. The molecule has 0 aromatic carbocycles. The summed E-state index contributed by atoms with van der Waals surface area (Å²) in [7, 11) is 7.82. The van der Waals surface area contributed by atoms with Crippen molar-refractivity contribution in [2.45, 2.75) is 0 Å². The number of halogens is 2. The number of hydrogen-bond donors (Lipinski definition) is 0. The van der Waals surface area contributed by atoms with Gasteiger partial charge >= 0.3 is 5.62 Å². The molecule has 0 aliphatic rings. The highest BCUT2D eigenvalue weighted by Gasteiger charge is 2.40. The fraction of sp³-hybridized carbons (Fsp3) is 1.00. The van der Waals surface area contributed by atoms with E-state index >= 15 is 0 Å². The molecular formula is C4H12BrClN2P+. The fourth-order valence-electron chi connectivity index (χ4n) is 0.358. The second kappa shape index (κ2) is 3.49. The molecule has 0 aliphatic heterocycles. The van der Waals surface area contributed by atoms with Crippen LogP contribution in [0.4, 0.5) is 0 Å². The molecular weight excluding hydrogens is 222 g/mol. The third-order valence-corrected chi connectivity index (χ3v) is 8.51. The van der Waals surface area contributed by atoms with E-state index in [1.165, 1.54) is 0 Å². The quantitative estimate of drug-likeness (QED) is 0.677. The lowest BCUT2D eigenvalue weighted by molar-refractivity contribution is 0.585. The third kappa shape index (κ3) is 2.69. The molecule has 0 radical (unpaired) electrons. The molecule has 0 saturated carbocycles. The molecule has 0 fully saturated rings. The summed E-state index contributed by atoms with van der Waals surface area (Å²) >= 11 is 9.52. The van der Waals surface area contributed by atoms with Gasteiger partial charge in [-0.1, -0.05) is 0 Å². The van der Waals surface area contributed by atoms with Gasteiger partial charge in [-0.15, -0.1) is 9.34 Å². The van der Waals surface area contributed by atoms with Gasteiger partial charge < -0.3 is 0 Å². The Morgan fingerprint density at radius 3 is 1.33 bits per heavy atom. The zero-order chi connectivity index (χ0) is 7.65. The Kier molecular flexibility index (Phi) is 3.93. The molecule has 9 heavy (non-hydrogen) atoms. The van der Waals surface area contributed by atoms with E-state index in [2.05, 4.69) is 15.5 Å². The zero-order valence-electron chi connectivity index (χ0n) is 6.10. The van der Waals surface area contributed by atoms with Crippen LogP contribution in [0.3, 0.4) is 0 Å². The van der Waals surface area contributed by atoms with E-state index < -0.39 is 5.62 Å². The average molecular weight is 234 g/mol. The highest BCUT2D eigenvalue weighted by Crippen LogP contribution is 2.73. The molecule has 0 atom stereocenters. The van der Waals surface area contributed by atoms with Crippen LogP contribution in [0.15, 0.2) is 0 Å². The maximum absolute atomic E-state index is 6.09. The second-order valence-electron chi connectivity index (χ2n) is 2.15. The summed E-state index contributed by atoms with van der Waals surface area (Å²) in [5, 5.41) is 0. The molecule has 0 N–H and O–H groups in total. The van der Waals surface area contributed by atoms with Gasteiger partial charge in [0, 0.05) is 28.2 Å². The first-order valence-corrected chi connectivity index (χ1v) is 7.15. The highest BCUT2D eigenvalue weighted by atomic mass is 79.9. The minimum Gasteiger partial charge on any atom is -0.146 e. The van der Waals surface area contributed by atoms with Gasteiger partial charge in [-0.2, -0.15) is 0 Å². The average Bonchev–Trinajstić information content (AvgIpc) is 1.65. The van der Waals surface area contributed by atoms with Gasteiger partial charge in [0.1, 0.15) is 11.2 Å². The van der Waals surface area contributed by atoms with Crippen molar-refractivity contribution in [1.82, 2.24) is 9.34 Å². The molecule has 0 bridgehead atoms. The number of rotatable bonds is 2. The first kappa shape index (κ1) is 10.1. The van der Waals surface area contributed by atoms with E-state index in [9.17, 15) is 0 Å². The van der Waals surface area contributed by atoms with Crippen LogP contribution in [0.2, 0.25) is 0 Å². The Labute approximate surface area is 70.1 Å². The van der Waals surface area contributed by atoms with E-state index in [0.717, 1.165) is 0 Å². The van der Waals surface area contributed by atoms with Crippen LogP contribution in [0.25, 0.3) is 0 Å². The first-order valence-electron chi connectivity index (χ1n) is 2.53. The SMILES string of the molecule is CN(C)[P+](Cl)(Br)N(C)C. The Hall–Kier alpha value is 1.12. The van der Waals surface area contributed by atoms with E-state index in [-0.39, 0.29) is 0 Å². The van der Waals surface area contributed by atoms with Crippen molar-refractivity contribution in [2.75, 3.05) is 28.2 Å². The summed E-state index contributed by atoms with van der Waals surface area (Å²) in [5.74, 6) is 0. The molecule has 0 aromatic heterocycles. The van der Waals surface area contributed by atoms with Crippen LogP contribution in [-0.2, 0) is 0 Å². The molecule has 2 nitrogen and oxygen atoms in total. The molecule has 0 heterocycles. The lowest BCUT2D eigenvalue weighted by Gasteiger charge is -2.21. The Morgan fingerprint density at radius 2 is 1.33 bits per heavy atom. The zero-order valence-corrected chi connectivity index (χ0v) is 9.33. The van der Waals surface area contributed by atoms with Crippen LogP contribution in [-0.4, -0.2) is 37.5 Å². The molecule has 0 spiro atoms. The van der Waals surface area contributed by atoms with Crippen molar-refractivity contribution in [3.8, 4) is 0 Å². The van der Waals surface area contributed by atoms with E-state index in [1.807, 2.05) is 37.5 Å². The van der Waals surface area contributed by atoms with Gasteiger partial charge in [-0.25, -0.2) is 0 Å². The lowest BCUT2D eigenvalue weighted by atomic mass is 11.3. The molecule has 0 amide bonds.